The van der Waals surface area contributed by atoms with Gasteiger partial charge in [-0.05, 0) is 18.7 Å². The summed E-state index contributed by atoms with van der Waals surface area (Å²) >= 11 is 0. The Bertz CT molecular complexity index is 365. The lowest BCUT2D eigenvalue weighted by Crippen LogP contribution is -2.22. The van der Waals surface area contributed by atoms with E-state index in [0.717, 1.165) is 18.1 Å². The molecular formula is C12H20N4O. The molecule has 0 saturated carbocycles. The number of aromatic nitrogens is 1. The Morgan fingerprint density at radius 2 is 2.24 bits per heavy atom. The van der Waals surface area contributed by atoms with Gasteiger partial charge in [0.1, 0.15) is 0 Å². The highest BCUT2D eigenvalue weighted by Crippen LogP contribution is 2.20. The van der Waals surface area contributed by atoms with Crippen LogP contribution in [0, 0.1) is 0 Å². The molecule has 0 atom stereocenters. The minimum atomic E-state index is 0.00190. The molecule has 0 unspecified atom stereocenters. The van der Waals surface area contributed by atoms with Crippen LogP contribution in [0.5, 0.6) is 0 Å². The van der Waals surface area contributed by atoms with Crippen molar-refractivity contribution in [2.24, 2.45) is 0 Å². The molecule has 0 fully saturated rings. The van der Waals surface area contributed by atoms with Crippen molar-refractivity contribution in [2.75, 3.05) is 37.4 Å². The first-order valence-electron chi connectivity index (χ1n) is 5.78. The van der Waals surface area contributed by atoms with Crippen LogP contribution in [0.1, 0.15) is 13.3 Å². The van der Waals surface area contributed by atoms with Crippen LogP contribution in [0.3, 0.4) is 0 Å². The normalized spacial score (nSPS) is 10.1. The Morgan fingerprint density at radius 3 is 2.88 bits per heavy atom. The molecule has 1 amide bonds. The molecule has 5 nitrogen and oxygen atoms in total. The van der Waals surface area contributed by atoms with Crippen LogP contribution in [0.2, 0.25) is 0 Å². The fourth-order valence-electron chi connectivity index (χ4n) is 1.44. The molecule has 0 aromatic carbocycles. The van der Waals surface area contributed by atoms with Gasteiger partial charge in [0.15, 0.2) is 5.82 Å². The molecule has 1 heterocycles. The molecule has 0 saturated heterocycles. The van der Waals surface area contributed by atoms with Crippen LogP contribution >= 0.6 is 0 Å². The fraction of sp³-hybridized carbons (Fsp3) is 0.500. The lowest BCUT2D eigenvalue weighted by molar-refractivity contribution is -0.116. The number of carbonyl (C=O) groups is 1. The average Bonchev–Trinajstić information content (AvgIpc) is 2.29. The molecule has 94 valence electrons. The molecule has 1 rings (SSSR count). The van der Waals surface area contributed by atoms with E-state index in [1.165, 1.54) is 0 Å². The Kier molecular flexibility index (Phi) is 5.42. The molecule has 0 spiro atoms. The summed E-state index contributed by atoms with van der Waals surface area (Å²) in [5.74, 6) is 0.770. The quantitative estimate of drug-likeness (QED) is 0.726. The maximum Gasteiger partial charge on any atom is 0.225 e. The topological polar surface area (TPSA) is 57.3 Å². The summed E-state index contributed by atoms with van der Waals surface area (Å²) < 4.78 is 0. The van der Waals surface area contributed by atoms with Gasteiger partial charge in [-0.1, -0.05) is 6.92 Å². The zero-order valence-corrected chi connectivity index (χ0v) is 10.7. The first-order chi connectivity index (χ1) is 8.15. The Labute approximate surface area is 102 Å². The summed E-state index contributed by atoms with van der Waals surface area (Å²) in [6.07, 6.45) is 2.18. The third-order valence-electron chi connectivity index (χ3n) is 2.26. The molecule has 0 aliphatic carbocycles. The minimum Gasteiger partial charge on any atom is -0.361 e. The Balaban J connectivity index is 2.58. The van der Waals surface area contributed by atoms with Gasteiger partial charge in [0.05, 0.1) is 5.69 Å². The first-order valence-corrected chi connectivity index (χ1v) is 5.78. The third-order valence-corrected chi connectivity index (χ3v) is 2.26. The van der Waals surface area contributed by atoms with Crippen molar-refractivity contribution >= 4 is 17.4 Å². The molecule has 2 N–H and O–H groups in total. The fourth-order valence-corrected chi connectivity index (χ4v) is 1.44. The van der Waals surface area contributed by atoms with Crippen molar-refractivity contribution in [1.29, 1.82) is 0 Å². The molecule has 1 aromatic heterocycles. The van der Waals surface area contributed by atoms with E-state index in [0.29, 0.717) is 13.0 Å². The monoisotopic (exact) mass is 236 g/mol. The van der Waals surface area contributed by atoms with Gasteiger partial charge in [0.2, 0.25) is 5.91 Å². The zero-order valence-electron chi connectivity index (χ0n) is 10.7. The van der Waals surface area contributed by atoms with Gasteiger partial charge in [-0.25, -0.2) is 4.98 Å². The van der Waals surface area contributed by atoms with Crippen LogP contribution in [0.4, 0.5) is 11.5 Å². The van der Waals surface area contributed by atoms with E-state index in [1.807, 2.05) is 38.1 Å². The largest absolute Gasteiger partial charge is 0.361 e. The predicted molar refractivity (Wildman–Crippen MR) is 70.4 cm³/mol. The van der Waals surface area contributed by atoms with Gasteiger partial charge >= 0.3 is 0 Å². The number of pyridine rings is 1. The molecule has 0 bridgehead atoms. The second-order valence-corrected chi connectivity index (χ2v) is 3.92. The van der Waals surface area contributed by atoms with Gasteiger partial charge in [0.25, 0.3) is 0 Å². The van der Waals surface area contributed by atoms with E-state index in [-0.39, 0.29) is 5.91 Å². The van der Waals surface area contributed by atoms with Crippen LogP contribution in [-0.4, -0.2) is 38.1 Å². The predicted octanol–water partition coefficient (Wildman–Crippen LogP) is 1.09. The second-order valence-electron chi connectivity index (χ2n) is 3.92. The minimum absolute atomic E-state index is 0.00190. The van der Waals surface area contributed by atoms with Crippen molar-refractivity contribution in [3.8, 4) is 0 Å². The highest BCUT2D eigenvalue weighted by Gasteiger charge is 2.08. The van der Waals surface area contributed by atoms with Crippen LogP contribution in [-0.2, 0) is 4.79 Å². The van der Waals surface area contributed by atoms with Crippen molar-refractivity contribution in [2.45, 2.75) is 13.3 Å². The number of nitrogens with zero attached hydrogens (tertiary/aromatic N) is 2. The number of carbonyl (C=O) groups excluding carboxylic acids is 1. The van der Waals surface area contributed by atoms with E-state index in [9.17, 15) is 4.79 Å². The summed E-state index contributed by atoms with van der Waals surface area (Å²) in [4.78, 5) is 17.8. The lowest BCUT2D eigenvalue weighted by atomic mass is 10.3. The molecule has 5 heteroatoms. The summed E-state index contributed by atoms with van der Waals surface area (Å²) in [5, 5.41) is 5.98. The molecule has 0 aliphatic heterocycles. The Hall–Kier alpha value is -1.62. The highest BCUT2D eigenvalue weighted by atomic mass is 16.1. The van der Waals surface area contributed by atoms with E-state index >= 15 is 0 Å². The second kappa shape index (κ2) is 6.85. The molecule has 0 aliphatic rings. The summed E-state index contributed by atoms with van der Waals surface area (Å²) in [6.45, 7) is 3.59. The van der Waals surface area contributed by atoms with Gasteiger partial charge < -0.3 is 15.5 Å². The molecule has 1 aromatic rings. The number of nitrogens with one attached hydrogen (secondary N) is 2. The smallest absolute Gasteiger partial charge is 0.225 e. The van der Waals surface area contributed by atoms with Crippen molar-refractivity contribution in [3.63, 3.8) is 0 Å². The van der Waals surface area contributed by atoms with Crippen LogP contribution in [0.15, 0.2) is 18.3 Å². The van der Waals surface area contributed by atoms with Gasteiger partial charge in [-0.2, -0.15) is 0 Å². The average molecular weight is 236 g/mol. The maximum atomic E-state index is 11.7. The summed E-state index contributed by atoms with van der Waals surface area (Å²) in [7, 11) is 3.80. The first kappa shape index (κ1) is 13.4. The number of hydrogen-bond donors (Lipinski definition) is 2. The summed E-state index contributed by atoms with van der Waals surface area (Å²) in [6, 6.07) is 3.67. The van der Waals surface area contributed by atoms with Crippen LogP contribution < -0.4 is 15.5 Å². The van der Waals surface area contributed by atoms with Crippen molar-refractivity contribution in [3.05, 3.63) is 18.3 Å². The molecular weight excluding hydrogens is 216 g/mol. The van der Waals surface area contributed by atoms with Gasteiger partial charge in [-0.15, -0.1) is 0 Å². The third kappa shape index (κ3) is 4.40. The highest BCUT2D eigenvalue weighted by molar-refractivity contribution is 5.93. The molecule has 0 radical (unpaired) electrons. The maximum absolute atomic E-state index is 11.7. The number of anilines is 2. The molecule has 17 heavy (non-hydrogen) atoms. The number of rotatable bonds is 6. The SMILES string of the molecule is CCNCCC(=O)Nc1cccnc1N(C)C. The lowest BCUT2D eigenvalue weighted by Gasteiger charge is -2.16. The van der Waals surface area contributed by atoms with Crippen LogP contribution in [0.25, 0.3) is 0 Å². The van der Waals surface area contributed by atoms with E-state index < -0.39 is 0 Å². The Morgan fingerprint density at radius 1 is 1.47 bits per heavy atom. The van der Waals surface area contributed by atoms with Gasteiger partial charge in [-0.3, -0.25) is 4.79 Å². The van der Waals surface area contributed by atoms with E-state index in [4.69, 9.17) is 0 Å². The van der Waals surface area contributed by atoms with E-state index in [2.05, 4.69) is 15.6 Å². The zero-order chi connectivity index (χ0) is 12.7. The number of hydrogen-bond acceptors (Lipinski definition) is 4. The summed E-state index contributed by atoms with van der Waals surface area (Å²) in [5.41, 5.74) is 0.749. The van der Waals surface area contributed by atoms with E-state index in [1.54, 1.807) is 6.20 Å². The van der Waals surface area contributed by atoms with Gasteiger partial charge in [0, 0.05) is 33.3 Å². The van der Waals surface area contributed by atoms with Crippen molar-refractivity contribution < 1.29 is 4.79 Å². The van der Waals surface area contributed by atoms with Crippen molar-refractivity contribution in [1.82, 2.24) is 10.3 Å². The number of amides is 1. The standard InChI is InChI=1S/C12H20N4O/c1-4-13-9-7-11(17)15-10-6-5-8-14-12(10)16(2)3/h5-6,8,13H,4,7,9H2,1-3H3,(H,15,17).